The Bertz CT molecular complexity index is 1110. The van der Waals surface area contributed by atoms with Gasteiger partial charge in [0.2, 0.25) is 11.7 Å². The van der Waals surface area contributed by atoms with E-state index in [-0.39, 0.29) is 12.4 Å². The smallest absolute Gasteiger partial charge is 0.438 e. The number of carbonyl (C=O) groups is 1. The maximum absolute atomic E-state index is 13.7. The van der Waals surface area contributed by atoms with E-state index in [0.29, 0.717) is 6.20 Å². The highest BCUT2D eigenvalue weighted by Gasteiger charge is 2.61. The topological polar surface area (TPSA) is 107 Å². The van der Waals surface area contributed by atoms with E-state index in [0.717, 1.165) is 17.7 Å². The van der Waals surface area contributed by atoms with Crippen LogP contribution in [0.2, 0.25) is 0 Å². The molecule has 1 atom stereocenters. The monoisotopic (exact) mass is 495 g/mol. The van der Waals surface area contributed by atoms with Crippen molar-refractivity contribution in [2.75, 3.05) is 20.0 Å². The number of hydrogen-bond acceptors (Lipinski definition) is 7. The van der Waals surface area contributed by atoms with Gasteiger partial charge in [0.25, 0.3) is 5.91 Å². The van der Waals surface area contributed by atoms with E-state index in [1.165, 1.54) is 31.4 Å². The summed E-state index contributed by atoms with van der Waals surface area (Å²) in [5.41, 5.74) is -0.575. The average Bonchev–Trinajstić information content (AvgIpc) is 2.71. The molecule has 2 rings (SSSR count). The zero-order valence-electron chi connectivity index (χ0n) is 17.1. The van der Waals surface area contributed by atoms with Gasteiger partial charge in [-0.3, -0.25) is 4.79 Å². The molecule has 0 saturated carbocycles. The number of hydrogen-bond donors (Lipinski definition) is 1. The lowest BCUT2D eigenvalue weighted by Gasteiger charge is -2.20. The quantitative estimate of drug-likeness (QED) is 0.533. The molecule has 1 aromatic carbocycles. The van der Waals surface area contributed by atoms with Gasteiger partial charge in [0.05, 0.1) is 12.6 Å². The summed E-state index contributed by atoms with van der Waals surface area (Å²) in [5, 5.41) is 3.14. The molecule has 0 aliphatic heterocycles. The highest BCUT2D eigenvalue weighted by Crippen LogP contribution is 2.43. The number of sulfone groups is 1. The van der Waals surface area contributed by atoms with Crippen molar-refractivity contribution in [1.29, 1.82) is 0 Å². The molecule has 8 nitrogen and oxygen atoms in total. The zero-order valence-corrected chi connectivity index (χ0v) is 18.0. The Hall–Kier alpha value is -3.13. The summed E-state index contributed by atoms with van der Waals surface area (Å²) in [6.45, 7) is -0.183. The second-order valence-electron chi connectivity index (χ2n) is 6.59. The number of nitrogens with one attached hydrogen (secondary N) is 1. The van der Waals surface area contributed by atoms with Crippen molar-refractivity contribution in [1.82, 2.24) is 15.3 Å². The molecule has 14 heteroatoms. The Kier molecular flexibility index (Phi) is 8.08. The van der Waals surface area contributed by atoms with E-state index in [1.807, 2.05) is 0 Å². The number of ether oxygens (including phenoxy) is 2. The molecule has 180 valence electrons. The highest BCUT2D eigenvalue weighted by atomic mass is 32.2. The number of methoxy groups -OCH3 is 1. The van der Waals surface area contributed by atoms with Crippen molar-refractivity contribution in [2.45, 2.75) is 18.1 Å². The Morgan fingerprint density at radius 3 is 2.36 bits per heavy atom. The fourth-order valence-corrected chi connectivity index (χ4v) is 2.76. The van der Waals surface area contributed by atoms with Crippen molar-refractivity contribution in [3.63, 3.8) is 0 Å². The van der Waals surface area contributed by atoms with Crippen LogP contribution >= 0.6 is 0 Å². The van der Waals surface area contributed by atoms with Crippen LogP contribution in [0.3, 0.4) is 0 Å². The third-order valence-electron chi connectivity index (χ3n) is 3.81. The number of rotatable bonds is 9. The first-order chi connectivity index (χ1) is 15.2. The Morgan fingerprint density at radius 2 is 1.82 bits per heavy atom. The Labute approximate surface area is 185 Å². The van der Waals surface area contributed by atoms with Gasteiger partial charge in [0.1, 0.15) is 11.3 Å². The standard InChI is InChI=1S/C19H18F5N3O5S/c1-31-11-12(8-9-33(2,29)30)26-15(28)14-10-25-17(18(20,21)19(22,23)24)27-16(14)32-13-6-4-3-5-7-13/h3-10,12H,11H2,1-2H3,(H,26,28)/b9-8+/t12-/m1/s1. The second-order valence-corrected chi connectivity index (χ2v) is 8.52. The molecule has 0 saturated heterocycles. The van der Waals surface area contributed by atoms with Crippen molar-refractivity contribution in [3.8, 4) is 11.6 Å². The van der Waals surface area contributed by atoms with Crippen LogP contribution in [0.15, 0.2) is 48.0 Å². The molecule has 0 spiro atoms. The lowest BCUT2D eigenvalue weighted by molar-refractivity contribution is -0.292. The molecule has 1 aromatic heterocycles. The minimum atomic E-state index is -5.99. The van der Waals surface area contributed by atoms with Gasteiger partial charge in [-0.2, -0.15) is 26.9 Å². The third-order valence-corrected chi connectivity index (χ3v) is 4.47. The van der Waals surface area contributed by atoms with Crippen LogP contribution in [0.1, 0.15) is 16.2 Å². The van der Waals surface area contributed by atoms with Crippen LogP contribution in [-0.4, -0.2) is 56.5 Å². The van der Waals surface area contributed by atoms with E-state index < -0.39 is 51.2 Å². The molecule has 0 radical (unpaired) electrons. The first-order valence-corrected chi connectivity index (χ1v) is 10.9. The third kappa shape index (κ3) is 7.18. The number of benzene rings is 1. The molecular formula is C19H18F5N3O5S. The number of halogens is 5. The fraction of sp³-hybridized carbons (Fsp3) is 0.316. The average molecular weight is 495 g/mol. The molecule has 1 amide bonds. The number of para-hydroxylation sites is 1. The highest BCUT2D eigenvalue weighted by molar-refractivity contribution is 7.93. The largest absolute Gasteiger partial charge is 0.461 e. The number of carbonyl (C=O) groups excluding carboxylic acids is 1. The number of alkyl halides is 5. The maximum atomic E-state index is 13.7. The predicted molar refractivity (Wildman–Crippen MR) is 106 cm³/mol. The van der Waals surface area contributed by atoms with Crippen LogP contribution < -0.4 is 10.1 Å². The van der Waals surface area contributed by atoms with Crippen LogP contribution in [-0.2, 0) is 20.5 Å². The molecular weight excluding hydrogens is 477 g/mol. The Morgan fingerprint density at radius 1 is 1.18 bits per heavy atom. The lowest BCUT2D eigenvalue weighted by Crippen LogP contribution is -2.38. The van der Waals surface area contributed by atoms with E-state index in [4.69, 9.17) is 9.47 Å². The van der Waals surface area contributed by atoms with Gasteiger partial charge in [-0.25, -0.2) is 13.4 Å². The van der Waals surface area contributed by atoms with Crippen molar-refractivity contribution in [2.24, 2.45) is 0 Å². The zero-order chi connectivity index (χ0) is 24.9. The molecule has 0 aliphatic rings. The first-order valence-electron chi connectivity index (χ1n) is 8.97. The summed E-state index contributed by atoms with van der Waals surface area (Å²) in [4.78, 5) is 18.9. The van der Waals surface area contributed by atoms with Gasteiger partial charge in [-0.05, 0) is 18.2 Å². The van der Waals surface area contributed by atoms with Gasteiger partial charge in [0.15, 0.2) is 9.84 Å². The van der Waals surface area contributed by atoms with Gasteiger partial charge in [0, 0.05) is 25.0 Å². The van der Waals surface area contributed by atoms with Crippen LogP contribution in [0.25, 0.3) is 0 Å². The first kappa shape index (κ1) is 26.1. The molecule has 0 unspecified atom stereocenters. The van der Waals surface area contributed by atoms with Crippen LogP contribution in [0.5, 0.6) is 11.6 Å². The maximum Gasteiger partial charge on any atom is 0.461 e. The SMILES string of the molecule is COC[C@@H](/C=C/S(C)(=O)=O)NC(=O)c1cnc(C(F)(F)C(F)(F)F)nc1Oc1ccccc1. The summed E-state index contributed by atoms with van der Waals surface area (Å²) >= 11 is 0. The molecule has 33 heavy (non-hydrogen) atoms. The number of aromatic nitrogens is 2. The molecule has 1 heterocycles. The minimum absolute atomic E-state index is 0.00283. The number of amides is 1. The van der Waals surface area contributed by atoms with E-state index in [1.54, 1.807) is 6.07 Å². The van der Waals surface area contributed by atoms with Crippen molar-refractivity contribution < 1.29 is 44.6 Å². The lowest BCUT2D eigenvalue weighted by atomic mass is 10.2. The summed E-state index contributed by atoms with van der Waals surface area (Å²) in [6, 6.07) is 6.28. The van der Waals surface area contributed by atoms with Gasteiger partial charge < -0.3 is 14.8 Å². The van der Waals surface area contributed by atoms with E-state index in [9.17, 15) is 35.2 Å². The molecule has 2 aromatic rings. The van der Waals surface area contributed by atoms with Gasteiger partial charge in [-0.15, -0.1) is 0 Å². The minimum Gasteiger partial charge on any atom is -0.438 e. The van der Waals surface area contributed by atoms with Crippen molar-refractivity contribution in [3.05, 3.63) is 59.4 Å². The second kappa shape index (κ2) is 10.2. The predicted octanol–water partition coefficient (Wildman–Crippen LogP) is 3.23. The van der Waals surface area contributed by atoms with Crippen LogP contribution in [0, 0.1) is 0 Å². The molecule has 0 fully saturated rings. The van der Waals surface area contributed by atoms with Gasteiger partial charge >= 0.3 is 12.1 Å². The molecule has 0 aliphatic carbocycles. The van der Waals surface area contributed by atoms with E-state index >= 15 is 0 Å². The van der Waals surface area contributed by atoms with E-state index in [2.05, 4.69) is 15.3 Å². The summed E-state index contributed by atoms with van der Waals surface area (Å²) in [7, 11) is -2.28. The normalized spacial score (nSPS) is 13.7. The number of nitrogens with zero attached hydrogens (tertiary/aromatic N) is 2. The molecule has 1 N–H and O–H groups in total. The molecule has 0 bridgehead atoms. The Balaban J connectivity index is 2.47. The summed E-state index contributed by atoms with van der Waals surface area (Å²) in [6.07, 6.45) is -3.52. The van der Waals surface area contributed by atoms with Crippen molar-refractivity contribution >= 4 is 15.7 Å². The van der Waals surface area contributed by atoms with Crippen LogP contribution in [0.4, 0.5) is 22.0 Å². The summed E-state index contributed by atoms with van der Waals surface area (Å²) < 4.78 is 98.6. The summed E-state index contributed by atoms with van der Waals surface area (Å²) in [5.74, 6) is -9.23. The fourth-order valence-electron chi connectivity index (χ4n) is 2.29. The van der Waals surface area contributed by atoms with Gasteiger partial charge in [-0.1, -0.05) is 18.2 Å².